The van der Waals surface area contributed by atoms with E-state index in [0.29, 0.717) is 24.0 Å². The normalized spacial score (nSPS) is 14.1. The number of halogens is 1. The summed E-state index contributed by atoms with van der Waals surface area (Å²) in [5.41, 5.74) is 1.26. The first kappa shape index (κ1) is 20.2. The summed E-state index contributed by atoms with van der Waals surface area (Å²) in [5.74, 6) is -0.560. The molecule has 1 aliphatic carbocycles. The van der Waals surface area contributed by atoms with E-state index in [2.05, 4.69) is 15.5 Å². The van der Waals surface area contributed by atoms with E-state index < -0.39 is 11.5 Å². The maximum absolute atomic E-state index is 12.8. The van der Waals surface area contributed by atoms with E-state index in [1.54, 1.807) is 24.3 Å². The summed E-state index contributed by atoms with van der Waals surface area (Å²) in [5, 5.41) is 11.9. The Morgan fingerprint density at radius 1 is 1.27 bits per heavy atom. The number of nitrogens with one attached hydrogen (secondary N) is 1. The fraction of sp³-hybridized carbons (Fsp3) is 0.333. The van der Waals surface area contributed by atoms with Gasteiger partial charge in [0.1, 0.15) is 5.02 Å². The van der Waals surface area contributed by atoms with E-state index in [-0.39, 0.29) is 10.6 Å². The monoisotopic (exact) mass is 427 g/mol. The number of nitrogens with zero attached hydrogens (tertiary/aromatic N) is 4. The smallest absolute Gasteiger partial charge is 0.340 e. The molecule has 0 amide bonds. The van der Waals surface area contributed by atoms with Gasteiger partial charge < -0.3 is 10.1 Å². The van der Waals surface area contributed by atoms with Crippen molar-refractivity contribution in [2.24, 2.45) is 0 Å². The van der Waals surface area contributed by atoms with E-state index in [0.717, 1.165) is 23.2 Å². The second kappa shape index (κ2) is 8.71. The first-order valence-corrected chi connectivity index (χ1v) is 10.2. The van der Waals surface area contributed by atoms with Crippen LogP contribution in [0, 0.1) is 0 Å². The SMILES string of the molecule is COC(=O)c1ccccc1-n1ncc(NCc2ccn(C3CCCC3)n2)c(Cl)c1=O. The molecule has 0 bridgehead atoms. The predicted molar refractivity (Wildman–Crippen MR) is 113 cm³/mol. The van der Waals surface area contributed by atoms with E-state index >= 15 is 0 Å². The molecule has 156 valence electrons. The largest absolute Gasteiger partial charge is 0.465 e. The number of methoxy groups -OCH3 is 1. The van der Waals surface area contributed by atoms with Crippen LogP contribution < -0.4 is 10.9 Å². The van der Waals surface area contributed by atoms with Gasteiger partial charge in [-0.2, -0.15) is 14.9 Å². The van der Waals surface area contributed by atoms with Crippen LogP contribution >= 0.6 is 11.6 Å². The molecule has 8 nitrogen and oxygen atoms in total. The number of anilines is 1. The van der Waals surface area contributed by atoms with Crippen LogP contribution in [0.25, 0.3) is 5.69 Å². The van der Waals surface area contributed by atoms with Crippen molar-refractivity contribution in [3.8, 4) is 5.69 Å². The fourth-order valence-electron chi connectivity index (χ4n) is 3.70. The molecule has 0 radical (unpaired) electrons. The van der Waals surface area contributed by atoms with Gasteiger partial charge in [0.2, 0.25) is 0 Å². The summed E-state index contributed by atoms with van der Waals surface area (Å²) in [6, 6.07) is 9.00. The molecule has 1 N–H and O–H groups in total. The van der Waals surface area contributed by atoms with E-state index in [1.807, 2.05) is 16.9 Å². The van der Waals surface area contributed by atoms with Gasteiger partial charge >= 0.3 is 5.97 Å². The molecule has 3 aromatic rings. The molecule has 1 saturated carbocycles. The highest BCUT2D eigenvalue weighted by atomic mass is 35.5. The van der Waals surface area contributed by atoms with Gasteiger partial charge in [-0.15, -0.1) is 0 Å². The highest BCUT2D eigenvalue weighted by molar-refractivity contribution is 6.32. The number of esters is 1. The summed E-state index contributed by atoms with van der Waals surface area (Å²) >= 11 is 6.31. The summed E-state index contributed by atoms with van der Waals surface area (Å²) in [7, 11) is 1.28. The average molecular weight is 428 g/mol. The Labute approximate surface area is 178 Å². The van der Waals surface area contributed by atoms with Gasteiger partial charge in [0.25, 0.3) is 5.56 Å². The molecule has 1 aromatic carbocycles. The number of carbonyl (C=O) groups excluding carboxylic acids is 1. The molecule has 0 spiro atoms. The summed E-state index contributed by atoms with van der Waals surface area (Å²) in [4.78, 5) is 24.8. The Morgan fingerprint density at radius 2 is 2.03 bits per heavy atom. The zero-order valence-electron chi connectivity index (χ0n) is 16.5. The minimum atomic E-state index is -0.560. The molecule has 2 aromatic heterocycles. The first-order valence-electron chi connectivity index (χ1n) is 9.82. The molecule has 2 heterocycles. The molecule has 0 aliphatic heterocycles. The third-order valence-electron chi connectivity index (χ3n) is 5.28. The average Bonchev–Trinajstić information content (AvgIpc) is 3.46. The summed E-state index contributed by atoms with van der Waals surface area (Å²) in [6.45, 7) is 0.420. The summed E-state index contributed by atoms with van der Waals surface area (Å²) < 4.78 is 7.89. The lowest BCUT2D eigenvalue weighted by molar-refractivity contribution is 0.0600. The molecule has 0 saturated heterocycles. The van der Waals surface area contributed by atoms with Crippen molar-refractivity contribution in [2.45, 2.75) is 38.3 Å². The number of aromatic nitrogens is 4. The fourth-order valence-corrected chi connectivity index (χ4v) is 3.89. The van der Waals surface area contributed by atoms with Crippen molar-refractivity contribution in [1.29, 1.82) is 0 Å². The molecule has 0 atom stereocenters. The van der Waals surface area contributed by atoms with Crippen LogP contribution in [0.5, 0.6) is 0 Å². The van der Waals surface area contributed by atoms with E-state index in [1.165, 1.54) is 26.1 Å². The third kappa shape index (κ3) is 3.95. The van der Waals surface area contributed by atoms with Crippen molar-refractivity contribution in [3.05, 3.63) is 69.4 Å². The lowest BCUT2D eigenvalue weighted by atomic mass is 10.2. The number of carbonyl (C=O) groups is 1. The van der Waals surface area contributed by atoms with Crippen LogP contribution in [-0.4, -0.2) is 32.6 Å². The van der Waals surface area contributed by atoms with Crippen molar-refractivity contribution >= 4 is 23.3 Å². The van der Waals surface area contributed by atoms with Crippen LogP contribution in [0.4, 0.5) is 5.69 Å². The molecule has 9 heteroatoms. The second-order valence-electron chi connectivity index (χ2n) is 7.18. The van der Waals surface area contributed by atoms with Crippen molar-refractivity contribution < 1.29 is 9.53 Å². The minimum Gasteiger partial charge on any atom is -0.465 e. The quantitative estimate of drug-likeness (QED) is 0.604. The number of para-hydroxylation sites is 1. The molecule has 1 aliphatic rings. The zero-order chi connectivity index (χ0) is 21.1. The van der Waals surface area contributed by atoms with Gasteiger partial charge in [-0.25, -0.2) is 4.79 Å². The Bertz CT molecular complexity index is 1120. The van der Waals surface area contributed by atoms with Gasteiger partial charge in [-0.3, -0.25) is 9.48 Å². The van der Waals surface area contributed by atoms with Gasteiger partial charge in [-0.05, 0) is 31.0 Å². The molecule has 30 heavy (non-hydrogen) atoms. The predicted octanol–water partition coefficient (Wildman–Crippen LogP) is 3.60. The number of hydrogen-bond acceptors (Lipinski definition) is 6. The Balaban J connectivity index is 1.54. The summed E-state index contributed by atoms with van der Waals surface area (Å²) in [6.07, 6.45) is 8.27. The van der Waals surface area contributed by atoms with Crippen LogP contribution in [-0.2, 0) is 11.3 Å². The third-order valence-corrected chi connectivity index (χ3v) is 5.64. The standard InChI is InChI=1S/C21H22ClN5O3/c1-30-21(29)16-8-4-5-9-18(16)27-20(28)19(22)17(13-24-27)23-12-14-10-11-26(25-14)15-6-2-3-7-15/h4-5,8-11,13,15,23H,2-3,6-7,12H2,1H3. The lowest BCUT2D eigenvalue weighted by Crippen LogP contribution is -2.24. The van der Waals surface area contributed by atoms with Gasteiger partial charge in [0.05, 0.1) is 48.5 Å². The highest BCUT2D eigenvalue weighted by Gasteiger charge is 2.19. The van der Waals surface area contributed by atoms with Crippen LogP contribution in [0.1, 0.15) is 47.8 Å². The van der Waals surface area contributed by atoms with Gasteiger partial charge in [0, 0.05) is 6.20 Å². The minimum absolute atomic E-state index is 0.0140. The van der Waals surface area contributed by atoms with Crippen LogP contribution in [0.15, 0.2) is 47.5 Å². The zero-order valence-corrected chi connectivity index (χ0v) is 17.3. The molecular formula is C21H22ClN5O3. The number of hydrogen-bond donors (Lipinski definition) is 1. The number of benzene rings is 1. The highest BCUT2D eigenvalue weighted by Crippen LogP contribution is 2.28. The van der Waals surface area contributed by atoms with E-state index in [4.69, 9.17) is 16.3 Å². The van der Waals surface area contributed by atoms with Crippen molar-refractivity contribution in [1.82, 2.24) is 19.6 Å². The van der Waals surface area contributed by atoms with Gasteiger partial charge in [0.15, 0.2) is 0 Å². The topological polar surface area (TPSA) is 91.0 Å². The number of rotatable bonds is 6. The second-order valence-corrected chi connectivity index (χ2v) is 7.55. The van der Waals surface area contributed by atoms with Gasteiger partial charge in [-0.1, -0.05) is 36.6 Å². The molecular weight excluding hydrogens is 406 g/mol. The first-order chi connectivity index (χ1) is 14.6. The lowest BCUT2D eigenvalue weighted by Gasteiger charge is -2.12. The number of ether oxygens (including phenoxy) is 1. The Hall–Kier alpha value is -3.13. The van der Waals surface area contributed by atoms with Crippen LogP contribution in [0.3, 0.4) is 0 Å². The maximum atomic E-state index is 12.8. The molecule has 4 rings (SSSR count). The molecule has 0 unspecified atom stereocenters. The maximum Gasteiger partial charge on any atom is 0.340 e. The van der Waals surface area contributed by atoms with Crippen molar-refractivity contribution in [3.63, 3.8) is 0 Å². The Morgan fingerprint density at radius 3 is 2.80 bits per heavy atom. The Kier molecular flexibility index (Phi) is 5.85. The molecule has 1 fully saturated rings. The van der Waals surface area contributed by atoms with E-state index in [9.17, 15) is 9.59 Å². The van der Waals surface area contributed by atoms with Crippen molar-refractivity contribution in [2.75, 3.05) is 12.4 Å². The van der Waals surface area contributed by atoms with Crippen LogP contribution in [0.2, 0.25) is 5.02 Å².